The summed E-state index contributed by atoms with van der Waals surface area (Å²) in [6.07, 6.45) is 4.60. The molecule has 1 aromatic carbocycles. The van der Waals surface area contributed by atoms with Gasteiger partial charge in [0.25, 0.3) is 0 Å². The number of nitrogens with one attached hydrogen (secondary N) is 1. The van der Waals surface area contributed by atoms with Crippen molar-refractivity contribution < 1.29 is 4.39 Å². The second kappa shape index (κ2) is 4.93. The molecule has 1 aromatic rings. The number of hydrogen-bond donors (Lipinski definition) is 2. The van der Waals surface area contributed by atoms with Gasteiger partial charge >= 0.3 is 0 Å². The Labute approximate surface area is 96.0 Å². The lowest BCUT2D eigenvalue weighted by atomic mass is 9.77. The minimum Gasteiger partial charge on any atom is -0.271 e. The number of aryl methyl sites for hydroxylation is 1. The largest absolute Gasteiger partial charge is 0.271 e. The number of hydrogen-bond acceptors (Lipinski definition) is 2. The first-order valence-corrected chi connectivity index (χ1v) is 5.92. The summed E-state index contributed by atoms with van der Waals surface area (Å²) < 4.78 is 13.1. The van der Waals surface area contributed by atoms with E-state index in [1.54, 1.807) is 6.07 Å². The lowest BCUT2D eigenvalue weighted by molar-refractivity contribution is 0.228. The van der Waals surface area contributed by atoms with Crippen LogP contribution >= 0.6 is 0 Å². The van der Waals surface area contributed by atoms with Gasteiger partial charge in [-0.2, -0.15) is 0 Å². The van der Waals surface area contributed by atoms with E-state index in [0.717, 1.165) is 17.5 Å². The van der Waals surface area contributed by atoms with E-state index in [2.05, 4.69) is 5.43 Å². The van der Waals surface area contributed by atoms with Crippen molar-refractivity contribution in [2.45, 2.75) is 38.6 Å². The van der Waals surface area contributed by atoms with E-state index in [9.17, 15) is 4.39 Å². The fraction of sp³-hybridized carbons (Fsp3) is 0.538. The van der Waals surface area contributed by atoms with Crippen LogP contribution in [0.2, 0.25) is 0 Å². The number of rotatable bonds is 4. The Morgan fingerprint density at radius 2 is 2.25 bits per heavy atom. The molecule has 1 saturated carbocycles. The topological polar surface area (TPSA) is 38.0 Å². The molecule has 88 valence electrons. The van der Waals surface area contributed by atoms with Crippen LogP contribution in [-0.2, 0) is 6.42 Å². The zero-order valence-electron chi connectivity index (χ0n) is 9.67. The number of nitrogens with two attached hydrogens (primary N) is 1. The Kier molecular flexibility index (Phi) is 3.56. The maximum absolute atomic E-state index is 13.1. The zero-order valence-corrected chi connectivity index (χ0v) is 9.67. The quantitative estimate of drug-likeness (QED) is 0.606. The van der Waals surface area contributed by atoms with Crippen molar-refractivity contribution in [3.05, 3.63) is 35.1 Å². The van der Waals surface area contributed by atoms with Crippen LogP contribution in [0.1, 0.15) is 30.4 Å². The van der Waals surface area contributed by atoms with E-state index >= 15 is 0 Å². The van der Waals surface area contributed by atoms with Crippen LogP contribution in [0.3, 0.4) is 0 Å². The Hall–Kier alpha value is -0.930. The molecule has 0 bridgehead atoms. The summed E-state index contributed by atoms with van der Waals surface area (Å²) in [6, 6.07) is 5.25. The number of halogens is 1. The molecule has 1 unspecified atom stereocenters. The van der Waals surface area contributed by atoms with Gasteiger partial charge in [-0.1, -0.05) is 12.5 Å². The standard InChI is InChI=1S/C13H19FN2/c1-9-5-6-12(14)7-11(9)8-13(16-15)10-3-2-4-10/h5-7,10,13,16H,2-4,8,15H2,1H3. The van der Waals surface area contributed by atoms with E-state index in [1.807, 2.05) is 13.0 Å². The zero-order chi connectivity index (χ0) is 11.5. The van der Waals surface area contributed by atoms with Crippen LogP contribution in [-0.4, -0.2) is 6.04 Å². The molecule has 16 heavy (non-hydrogen) atoms. The summed E-state index contributed by atoms with van der Waals surface area (Å²) in [7, 11) is 0. The van der Waals surface area contributed by atoms with Gasteiger partial charge in [0, 0.05) is 6.04 Å². The van der Waals surface area contributed by atoms with Crippen LogP contribution in [0, 0.1) is 18.7 Å². The Morgan fingerprint density at radius 1 is 1.50 bits per heavy atom. The molecule has 0 saturated heterocycles. The fourth-order valence-electron chi connectivity index (χ4n) is 2.30. The molecule has 0 aliphatic heterocycles. The van der Waals surface area contributed by atoms with Crippen molar-refractivity contribution in [3.63, 3.8) is 0 Å². The van der Waals surface area contributed by atoms with Gasteiger partial charge in [-0.3, -0.25) is 11.3 Å². The Bertz CT molecular complexity index is 361. The summed E-state index contributed by atoms with van der Waals surface area (Å²) in [6.45, 7) is 2.02. The highest BCUT2D eigenvalue weighted by Gasteiger charge is 2.26. The van der Waals surface area contributed by atoms with Gasteiger partial charge in [-0.25, -0.2) is 4.39 Å². The molecular formula is C13H19FN2. The monoisotopic (exact) mass is 222 g/mol. The molecule has 1 aliphatic carbocycles. The van der Waals surface area contributed by atoms with Gasteiger partial charge in [-0.15, -0.1) is 0 Å². The molecule has 1 fully saturated rings. The molecule has 1 aliphatic rings. The van der Waals surface area contributed by atoms with E-state index in [0.29, 0.717) is 5.92 Å². The first-order chi connectivity index (χ1) is 7.70. The second-order valence-electron chi connectivity index (χ2n) is 4.74. The average Bonchev–Trinajstić information content (AvgIpc) is 2.19. The van der Waals surface area contributed by atoms with Gasteiger partial charge in [-0.05, 0) is 55.4 Å². The minimum absolute atomic E-state index is 0.162. The highest BCUT2D eigenvalue weighted by atomic mass is 19.1. The van der Waals surface area contributed by atoms with Crippen LogP contribution < -0.4 is 11.3 Å². The van der Waals surface area contributed by atoms with E-state index in [1.165, 1.54) is 25.3 Å². The first-order valence-electron chi connectivity index (χ1n) is 5.92. The van der Waals surface area contributed by atoms with E-state index < -0.39 is 0 Å². The molecular weight excluding hydrogens is 203 g/mol. The van der Waals surface area contributed by atoms with Crippen molar-refractivity contribution in [3.8, 4) is 0 Å². The predicted octanol–water partition coefficient (Wildman–Crippen LogP) is 2.31. The van der Waals surface area contributed by atoms with Crippen LogP contribution in [0.5, 0.6) is 0 Å². The van der Waals surface area contributed by atoms with Crippen molar-refractivity contribution in [2.24, 2.45) is 11.8 Å². The minimum atomic E-state index is -0.162. The van der Waals surface area contributed by atoms with Crippen molar-refractivity contribution in [1.82, 2.24) is 5.43 Å². The number of hydrazine groups is 1. The first kappa shape index (κ1) is 11.6. The highest BCUT2D eigenvalue weighted by molar-refractivity contribution is 5.27. The summed E-state index contributed by atoms with van der Waals surface area (Å²) in [5.41, 5.74) is 5.08. The smallest absolute Gasteiger partial charge is 0.123 e. The van der Waals surface area contributed by atoms with Crippen molar-refractivity contribution >= 4 is 0 Å². The van der Waals surface area contributed by atoms with Gasteiger partial charge in [0.15, 0.2) is 0 Å². The molecule has 0 amide bonds. The summed E-state index contributed by atoms with van der Waals surface area (Å²) >= 11 is 0. The van der Waals surface area contributed by atoms with E-state index in [-0.39, 0.29) is 11.9 Å². The normalized spacial score (nSPS) is 18.2. The fourth-order valence-corrected chi connectivity index (χ4v) is 2.30. The highest BCUT2D eigenvalue weighted by Crippen LogP contribution is 2.31. The third kappa shape index (κ3) is 2.42. The molecule has 0 aromatic heterocycles. The van der Waals surface area contributed by atoms with E-state index in [4.69, 9.17) is 5.84 Å². The third-order valence-electron chi connectivity index (χ3n) is 3.68. The molecule has 1 atom stereocenters. The second-order valence-corrected chi connectivity index (χ2v) is 4.74. The van der Waals surface area contributed by atoms with Gasteiger partial charge < -0.3 is 0 Å². The summed E-state index contributed by atoms with van der Waals surface area (Å²) in [4.78, 5) is 0. The van der Waals surface area contributed by atoms with Gasteiger partial charge in [0.05, 0.1) is 0 Å². The molecule has 0 spiro atoms. The Balaban J connectivity index is 2.08. The number of benzene rings is 1. The predicted molar refractivity (Wildman–Crippen MR) is 63.3 cm³/mol. The molecule has 3 heteroatoms. The maximum Gasteiger partial charge on any atom is 0.123 e. The summed E-state index contributed by atoms with van der Waals surface area (Å²) in [5, 5.41) is 0. The van der Waals surface area contributed by atoms with Gasteiger partial charge in [0.1, 0.15) is 5.82 Å². The maximum atomic E-state index is 13.1. The molecule has 0 heterocycles. The van der Waals surface area contributed by atoms with Crippen LogP contribution in [0.4, 0.5) is 4.39 Å². The van der Waals surface area contributed by atoms with Crippen molar-refractivity contribution in [1.29, 1.82) is 0 Å². The molecule has 3 N–H and O–H groups in total. The molecule has 0 radical (unpaired) electrons. The lowest BCUT2D eigenvalue weighted by Gasteiger charge is -2.33. The van der Waals surface area contributed by atoms with Gasteiger partial charge in [0.2, 0.25) is 0 Å². The van der Waals surface area contributed by atoms with Crippen LogP contribution in [0.25, 0.3) is 0 Å². The average molecular weight is 222 g/mol. The van der Waals surface area contributed by atoms with Crippen molar-refractivity contribution in [2.75, 3.05) is 0 Å². The lowest BCUT2D eigenvalue weighted by Crippen LogP contribution is -2.45. The molecule has 2 nitrogen and oxygen atoms in total. The molecule has 2 rings (SSSR count). The SMILES string of the molecule is Cc1ccc(F)cc1CC(NN)C1CCC1. The summed E-state index contributed by atoms with van der Waals surface area (Å²) in [5.74, 6) is 6.07. The van der Waals surface area contributed by atoms with Crippen LogP contribution in [0.15, 0.2) is 18.2 Å². The third-order valence-corrected chi connectivity index (χ3v) is 3.68. The Morgan fingerprint density at radius 3 is 2.81 bits per heavy atom.